The number of aromatic nitrogens is 2. The number of anilines is 1. The second-order valence-corrected chi connectivity index (χ2v) is 5.52. The zero-order valence-electron chi connectivity index (χ0n) is 11.3. The van der Waals surface area contributed by atoms with Crippen LogP contribution in [0.25, 0.3) is 0 Å². The molecule has 0 radical (unpaired) electrons. The van der Waals surface area contributed by atoms with Crippen LogP contribution in [0.1, 0.15) is 40.5 Å². The summed E-state index contributed by atoms with van der Waals surface area (Å²) in [5.74, 6) is 0.0432. The highest BCUT2D eigenvalue weighted by Gasteiger charge is 2.20. The van der Waals surface area contributed by atoms with Crippen LogP contribution in [0.4, 0.5) is 5.82 Å². The molecule has 3 N–H and O–H groups in total. The Labute approximate surface area is 127 Å². The Hall–Kier alpha value is -2.14. The molecule has 1 aromatic carbocycles. The molecule has 1 aliphatic carbocycles. The van der Waals surface area contributed by atoms with Gasteiger partial charge in [-0.3, -0.25) is 4.79 Å². The van der Waals surface area contributed by atoms with Crippen LogP contribution in [0.2, 0.25) is 5.02 Å². The number of halogens is 1. The van der Waals surface area contributed by atoms with Gasteiger partial charge >= 0.3 is 0 Å². The maximum atomic E-state index is 11.0. The van der Waals surface area contributed by atoms with E-state index in [2.05, 4.69) is 21.4 Å². The molecule has 108 valence electrons. The number of nitrogens with two attached hydrogens (primary N) is 1. The van der Waals surface area contributed by atoms with Gasteiger partial charge in [0.2, 0.25) is 0 Å². The van der Waals surface area contributed by atoms with Crippen LogP contribution in [0.5, 0.6) is 0 Å². The SMILES string of the molecule is NC(=O)c1cnc(N[C@H]2CCCc3ccc(Cl)cc32)cn1. The Morgan fingerprint density at radius 3 is 2.90 bits per heavy atom. The molecule has 0 fully saturated rings. The number of carbonyl (C=O) groups excluding carboxylic acids is 1. The standard InChI is InChI=1S/C15H15ClN4O/c16-10-5-4-9-2-1-3-12(11(9)6-10)20-14-8-18-13(7-19-14)15(17)21/h4-8,12H,1-3H2,(H2,17,21)(H,19,20)/t12-/m0/s1. The number of aryl methyl sites for hydroxylation is 1. The van der Waals surface area contributed by atoms with E-state index in [1.807, 2.05) is 12.1 Å². The van der Waals surface area contributed by atoms with Crippen molar-refractivity contribution < 1.29 is 4.79 Å². The van der Waals surface area contributed by atoms with Crippen molar-refractivity contribution in [3.63, 3.8) is 0 Å². The van der Waals surface area contributed by atoms with Gasteiger partial charge in [-0.05, 0) is 42.5 Å². The first-order chi connectivity index (χ1) is 10.1. The molecule has 3 rings (SSSR count). The lowest BCUT2D eigenvalue weighted by atomic mass is 9.88. The molecule has 1 amide bonds. The van der Waals surface area contributed by atoms with E-state index in [4.69, 9.17) is 17.3 Å². The number of nitrogens with zero attached hydrogens (tertiary/aromatic N) is 2. The second-order valence-electron chi connectivity index (χ2n) is 5.08. The number of rotatable bonds is 3. The van der Waals surface area contributed by atoms with Crippen LogP contribution in [0.15, 0.2) is 30.6 Å². The molecule has 2 aromatic rings. The van der Waals surface area contributed by atoms with Crippen molar-refractivity contribution in [2.45, 2.75) is 25.3 Å². The molecule has 0 unspecified atom stereocenters. The van der Waals surface area contributed by atoms with Crippen molar-refractivity contribution in [3.8, 4) is 0 Å². The first kappa shape index (κ1) is 13.8. The predicted octanol–water partition coefficient (Wildman–Crippen LogP) is 2.72. The van der Waals surface area contributed by atoms with Gasteiger partial charge in [0.15, 0.2) is 0 Å². The highest BCUT2D eigenvalue weighted by Crippen LogP contribution is 2.33. The van der Waals surface area contributed by atoms with E-state index >= 15 is 0 Å². The average molecular weight is 303 g/mol. The van der Waals surface area contributed by atoms with Gasteiger partial charge in [-0.1, -0.05) is 17.7 Å². The maximum absolute atomic E-state index is 11.0. The van der Waals surface area contributed by atoms with Crippen LogP contribution in [0.3, 0.4) is 0 Å². The summed E-state index contributed by atoms with van der Waals surface area (Å²) in [6.45, 7) is 0. The summed E-state index contributed by atoms with van der Waals surface area (Å²) < 4.78 is 0. The third-order valence-electron chi connectivity index (χ3n) is 3.65. The lowest BCUT2D eigenvalue weighted by Gasteiger charge is -2.27. The second kappa shape index (κ2) is 5.69. The highest BCUT2D eigenvalue weighted by atomic mass is 35.5. The Bertz CT molecular complexity index is 672. The van der Waals surface area contributed by atoms with Gasteiger partial charge < -0.3 is 11.1 Å². The van der Waals surface area contributed by atoms with Gasteiger partial charge in [-0.25, -0.2) is 9.97 Å². The van der Waals surface area contributed by atoms with Gasteiger partial charge in [0.1, 0.15) is 11.5 Å². The molecule has 0 aliphatic heterocycles. The van der Waals surface area contributed by atoms with Gasteiger partial charge in [0.25, 0.3) is 5.91 Å². The number of amides is 1. The van der Waals surface area contributed by atoms with Crippen LogP contribution >= 0.6 is 11.6 Å². The van der Waals surface area contributed by atoms with Crippen LogP contribution in [-0.4, -0.2) is 15.9 Å². The van der Waals surface area contributed by atoms with Crippen molar-refractivity contribution >= 4 is 23.3 Å². The lowest BCUT2D eigenvalue weighted by Crippen LogP contribution is -2.19. The summed E-state index contributed by atoms with van der Waals surface area (Å²) >= 11 is 6.09. The molecule has 6 heteroatoms. The molecule has 0 saturated heterocycles. The number of carbonyl (C=O) groups is 1. The number of nitrogens with one attached hydrogen (secondary N) is 1. The summed E-state index contributed by atoms with van der Waals surface area (Å²) in [6.07, 6.45) is 6.09. The van der Waals surface area contributed by atoms with E-state index in [1.54, 1.807) is 0 Å². The molecule has 5 nitrogen and oxygen atoms in total. The number of benzene rings is 1. The summed E-state index contributed by atoms with van der Waals surface area (Å²) in [6, 6.07) is 6.15. The van der Waals surface area contributed by atoms with E-state index in [9.17, 15) is 4.79 Å². The van der Waals surface area contributed by atoms with Gasteiger partial charge in [0, 0.05) is 5.02 Å². The first-order valence-corrected chi connectivity index (χ1v) is 7.18. The summed E-state index contributed by atoms with van der Waals surface area (Å²) in [5, 5.41) is 4.08. The summed E-state index contributed by atoms with van der Waals surface area (Å²) in [4.78, 5) is 19.2. The fraction of sp³-hybridized carbons (Fsp3) is 0.267. The number of fused-ring (bicyclic) bond motifs is 1. The van der Waals surface area contributed by atoms with Crippen molar-refractivity contribution in [2.24, 2.45) is 5.73 Å². The van der Waals surface area contributed by atoms with Gasteiger partial charge in [0.05, 0.1) is 18.4 Å². The van der Waals surface area contributed by atoms with Crippen molar-refractivity contribution in [1.82, 2.24) is 9.97 Å². The minimum absolute atomic E-state index is 0.154. The molecular formula is C15H15ClN4O. The quantitative estimate of drug-likeness (QED) is 0.913. The molecule has 0 spiro atoms. The molecule has 21 heavy (non-hydrogen) atoms. The molecule has 1 heterocycles. The Morgan fingerprint density at radius 2 is 2.19 bits per heavy atom. The van der Waals surface area contributed by atoms with E-state index in [1.165, 1.54) is 23.5 Å². The van der Waals surface area contributed by atoms with Crippen LogP contribution in [0, 0.1) is 0 Å². The molecule has 1 aliphatic rings. The first-order valence-electron chi connectivity index (χ1n) is 6.80. The summed E-state index contributed by atoms with van der Waals surface area (Å²) in [7, 11) is 0. The van der Waals surface area contributed by atoms with Gasteiger partial charge in [-0.2, -0.15) is 0 Å². The largest absolute Gasteiger partial charge is 0.364 e. The zero-order valence-corrected chi connectivity index (χ0v) is 12.1. The van der Waals surface area contributed by atoms with Crippen molar-refractivity contribution in [3.05, 3.63) is 52.4 Å². The number of hydrogen-bond donors (Lipinski definition) is 2. The van der Waals surface area contributed by atoms with Crippen molar-refractivity contribution in [2.75, 3.05) is 5.32 Å². The Kier molecular flexibility index (Phi) is 3.75. The number of hydrogen-bond acceptors (Lipinski definition) is 4. The monoisotopic (exact) mass is 302 g/mol. The molecule has 0 bridgehead atoms. The van der Waals surface area contributed by atoms with Crippen molar-refractivity contribution in [1.29, 1.82) is 0 Å². The minimum Gasteiger partial charge on any atom is -0.364 e. The van der Waals surface area contributed by atoms with E-state index < -0.39 is 5.91 Å². The van der Waals surface area contributed by atoms with Crippen LogP contribution < -0.4 is 11.1 Å². The van der Waals surface area contributed by atoms with Gasteiger partial charge in [-0.15, -0.1) is 0 Å². The molecule has 1 aromatic heterocycles. The zero-order chi connectivity index (χ0) is 14.8. The highest BCUT2D eigenvalue weighted by molar-refractivity contribution is 6.30. The van der Waals surface area contributed by atoms with E-state index in [0.29, 0.717) is 5.82 Å². The Morgan fingerprint density at radius 1 is 1.33 bits per heavy atom. The number of primary amides is 1. The topological polar surface area (TPSA) is 80.9 Å². The molecular weight excluding hydrogens is 288 g/mol. The predicted molar refractivity (Wildman–Crippen MR) is 81.3 cm³/mol. The van der Waals surface area contributed by atoms with E-state index in [-0.39, 0.29) is 11.7 Å². The molecule has 0 saturated carbocycles. The van der Waals surface area contributed by atoms with Crippen LogP contribution in [-0.2, 0) is 6.42 Å². The maximum Gasteiger partial charge on any atom is 0.268 e. The molecule has 1 atom stereocenters. The smallest absolute Gasteiger partial charge is 0.268 e. The summed E-state index contributed by atoms with van der Waals surface area (Å²) in [5.41, 5.74) is 7.82. The van der Waals surface area contributed by atoms with E-state index in [0.717, 1.165) is 24.3 Å². The third-order valence-corrected chi connectivity index (χ3v) is 3.88. The lowest BCUT2D eigenvalue weighted by molar-refractivity contribution is 0.0995. The normalized spacial score (nSPS) is 17.1. The minimum atomic E-state index is -0.580. The average Bonchev–Trinajstić information content (AvgIpc) is 2.48. The fourth-order valence-corrected chi connectivity index (χ4v) is 2.81. The third kappa shape index (κ3) is 2.97. The Balaban J connectivity index is 1.83. The fourth-order valence-electron chi connectivity index (χ4n) is 2.63.